The summed E-state index contributed by atoms with van der Waals surface area (Å²) in [7, 11) is -0.784. The van der Waals surface area contributed by atoms with Crippen molar-refractivity contribution in [3.63, 3.8) is 0 Å². The molecule has 4 atom stereocenters. The Labute approximate surface area is 289 Å². The number of carbonyl (C=O) groups excluding carboxylic acids is 2. The third-order valence-electron chi connectivity index (χ3n) is 8.86. The van der Waals surface area contributed by atoms with Crippen molar-refractivity contribution >= 4 is 27.5 Å². The summed E-state index contributed by atoms with van der Waals surface area (Å²) in [6, 6.07) is 27.8. The molecule has 49 heavy (non-hydrogen) atoms. The molecule has 0 unspecified atom stereocenters. The molecule has 0 aliphatic heterocycles. The lowest BCUT2D eigenvalue weighted by atomic mass is 9.94. The molecule has 4 aromatic carbocycles. The minimum absolute atomic E-state index is 0.0190. The number of methoxy groups -OCH3 is 1. The molecule has 4 N–H and O–H groups in total. The van der Waals surface area contributed by atoms with Gasteiger partial charge in [0.15, 0.2) is 0 Å². The molecule has 0 saturated carbocycles. The number of amides is 2. The maximum atomic E-state index is 14.8. The summed E-state index contributed by atoms with van der Waals surface area (Å²) in [4.78, 5) is 28.9. The second-order valence-electron chi connectivity index (χ2n) is 12.4. The van der Waals surface area contributed by atoms with Crippen molar-refractivity contribution in [3.05, 3.63) is 130 Å². The minimum Gasteiger partial charge on any atom is -0.497 e. The number of hydrogen-bond acceptors (Lipinski definition) is 7. The quantitative estimate of drug-likeness (QED) is 0.159. The van der Waals surface area contributed by atoms with Gasteiger partial charge in [-0.15, -0.1) is 0 Å². The van der Waals surface area contributed by atoms with E-state index in [1.165, 1.54) is 25.2 Å². The average molecular weight is 687 g/mol. The van der Waals surface area contributed by atoms with Crippen molar-refractivity contribution in [1.29, 1.82) is 0 Å². The van der Waals surface area contributed by atoms with Gasteiger partial charge in [0.05, 0.1) is 37.2 Å². The third kappa shape index (κ3) is 9.47. The summed E-state index contributed by atoms with van der Waals surface area (Å²) in [5, 5.41) is 15.4. The Bertz CT molecular complexity index is 1830. The molecule has 0 aliphatic carbocycles. The predicted molar refractivity (Wildman–Crippen MR) is 193 cm³/mol. The van der Waals surface area contributed by atoms with Crippen LogP contribution in [0.5, 0.6) is 5.75 Å². The first kappa shape index (κ1) is 37.1. The lowest BCUT2D eigenvalue weighted by Gasteiger charge is -2.40. The Morgan fingerprint density at radius 1 is 0.898 bits per heavy atom. The van der Waals surface area contributed by atoms with Crippen LogP contribution >= 0.6 is 0 Å². The summed E-state index contributed by atoms with van der Waals surface area (Å²) in [5.41, 5.74) is 9.61. The van der Waals surface area contributed by atoms with E-state index < -0.39 is 40.0 Å². The van der Waals surface area contributed by atoms with E-state index in [0.717, 1.165) is 38.6 Å². The number of carbonyl (C=O) groups is 2. The summed E-state index contributed by atoms with van der Waals surface area (Å²) >= 11 is 0. The Hall–Kier alpha value is -4.71. The number of nitrogens with one attached hydrogen (secondary N) is 1. The first-order valence-corrected chi connectivity index (χ1v) is 17.9. The number of nitrogens with zero attached hydrogens (tertiary/aromatic N) is 2. The molecule has 0 bridgehead atoms. The van der Waals surface area contributed by atoms with Crippen LogP contribution in [0.15, 0.2) is 97.1 Å². The zero-order valence-corrected chi connectivity index (χ0v) is 29.6. The number of primary amides is 1. The zero-order chi connectivity index (χ0) is 35.9. The fourth-order valence-corrected chi connectivity index (χ4v) is 6.23. The van der Waals surface area contributed by atoms with Gasteiger partial charge in [-0.1, -0.05) is 72.3 Å². The number of sulfonamides is 1. The van der Waals surface area contributed by atoms with E-state index in [1.807, 2.05) is 99.6 Å². The summed E-state index contributed by atoms with van der Waals surface area (Å²) in [6.45, 7) is 6.01. The van der Waals surface area contributed by atoms with E-state index in [4.69, 9.17) is 10.5 Å². The van der Waals surface area contributed by atoms with E-state index in [2.05, 4.69) is 5.32 Å². The lowest BCUT2D eigenvalue weighted by Crippen LogP contribution is -2.52. The summed E-state index contributed by atoms with van der Waals surface area (Å²) in [5.74, 6) is -0.569. The van der Waals surface area contributed by atoms with Crippen LogP contribution in [-0.4, -0.2) is 69.3 Å². The highest BCUT2D eigenvalue weighted by Crippen LogP contribution is 2.31. The number of nitrogens with two attached hydrogens (primary N) is 1. The largest absolute Gasteiger partial charge is 0.497 e. The molecule has 4 aromatic rings. The number of benzene rings is 4. The monoisotopic (exact) mass is 686 g/mol. The van der Waals surface area contributed by atoms with Crippen LogP contribution in [0.3, 0.4) is 0 Å². The number of hydrogen-bond donors (Lipinski definition) is 3. The van der Waals surface area contributed by atoms with Gasteiger partial charge in [-0.2, -0.15) is 0 Å². The van der Waals surface area contributed by atoms with Crippen LogP contribution in [0.25, 0.3) is 0 Å². The molecule has 260 valence electrons. The van der Waals surface area contributed by atoms with Gasteiger partial charge in [0.2, 0.25) is 15.9 Å². The molecule has 4 rings (SSSR count). The van der Waals surface area contributed by atoms with Crippen molar-refractivity contribution in [2.75, 3.05) is 31.3 Å². The highest BCUT2D eigenvalue weighted by atomic mass is 32.2. The van der Waals surface area contributed by atoms with Crippen LogP contribution < -0.4 is 20.1 Å². The smallest absolute Gasteiger partial charge is 0.254 e. The van der Waals surface area contributed by atoms with Crippen LogP contribution in [-0.2, 0) is 16.4 Å². The van der Waals surface area contributed by atoms with E-state index in [9.17, 15) is 23.1 Å². The van der Waals surface area contributed by atoms with Crippen molar-refractivity contribution in [2.24, 2.45) is 5.73 Å². The molecular weight excluding hydrogens is 641 g/mol. The molecule has 0 radical (unpaired) electrons. The Kier molecular flexibility index (Phi) is 12.2. The number of anilines is 1. The molecule has 0 spiro atoms. The molecule has 0 heterocycles. The van der Waals surface area contributed by atoms with E-state index >= 15 is 0 Å². The maximum absolute atomic E-state index is 14.8. The van der Waals surface area contributed by atoms with E-state index in [1.54, 1.807) is 12.0 Å². The van der Waals surface area contributed by atoms with Crippen molar-refractivity contribution in [3.8, 4) is 5.75 Å². The van der Waals surface area contributed by atoms with Gasteiger partial charge in [0, 0.05) is 30.8 Å². The minimum atomic E-state index is -3.74. The molecule has 0 aromatic heterocycles. The van der Waals surface area contributed by atoms with Crippen molar-refractivity contribution < 1.29 is 27.9 Å². The molecule has 10 nitrogen and oxygen atoms in total. The SMILES string of the molecule is COc1ccc([C@@H](C)NC[C@@H](O)[C@H](Cc2ccccc2)N(C(=O)c2cc(C(N)=O)cc(N(C)S(C)(=O)=O)c2)[C@H](C)c2ccc(C)cc2)cc1. The number of aryl methyl sites for hydroxylation is 1. The first-order chi connectivity index (χ1) is 23.2. The highest BCUT2D eigenvalue weighted by Gasteiger charge is 2.35. The average Bonchev–Trinajstić information content (AvgIpc) is 3.09. The molecular formula is C38H46N4O6S. The van der Waals surface area contributed by atoms with Gasteiger partial charge in [-0.05, 0) is 74.2 Å². The van der Waals surface area contributed by atoms with Gasteiger partial charge in [0.1, 0.15) is 5.75 Å². The molecule has 0 saturated heterocycles. The van der Waals surface area contributed by atoms with E-state index in [-0.39, 0.29) is 29.4 Å². The molecule has 0 aliphatic rings. The van der Waals surface area contributed by atoms with Crippen LogP contribution in [0.2, 0.25) is 0 Å². The number of rotatable bonds is 15. The Balaban J connectivity index is 1.81. The third-order valence-corrected chi connectivity index (χ3v) is 10.1. The van der Waals surface area contributed by atoms with Crippen LogP contribution in [0.4, 0.5) is 5.69 Å². The number of aliphatic hydroxyl groups excluding tert-OH is 1. The second kappa shape index (κ2) is 16.1. The number of aliphatic hydroxyl groups is 1. The number of ether oxygens (including phenoxy) is 1. The van der Waals surface area contributed by atoms with Crippen molar-refractivity contribution in [1.82, 2.24) is 10.2 Å². The van der Waals surface area contributed by atoms with Gasteiger partial charge in [-0.3, -0.25) is 13.9 Å². The standard InChI is InChI=1S/C38H46N4O6S/c1-25-12-14-30(15-13-25)27(3)42(38(45)32-21-31(37(39)44)22-33(23-32)41(4)49(6,46)47)35(20-28-10-8-7-9-11-28)36(43)24-40-26(2)29-16-18-34(48-5)19-17-29/h7-19,21-23,26-27,35-36,40,43H,20,24H2,1-6H3,(H2,39,44)/t26-,27-,35+,36-/m1/s1. The second-order valence-corrected chi connectivity index (χ2v) is 14.4. The van der Waals surface area contributed by atoms with Gasteiger partial charge in [0.25, 0.3) is 5.91 Å². The van der Waals surface area contributed by atoms with Crippen LogP contribution in [0, 0.1) is 6.92 Å². The Morgan fingerprint density at radius 2 is 1.49 bits per heavy atom. The van der Waals surface area contributed by atoms with Gasteiger partial charge < -0.3 is 25.8 Å². The summed E-state index contributed by atoms with van der Waals surface area (Å²) in [6.07, 6.45) is 0.299. The molecule has 11 heteroatoms. The maximum Gasteiger partial charge on any atom is 0.254 e. The highest BCUT2D eigenvalue weighted by molar-refractivity contribution is 7.92. The van der Waals surface area contributed by atoms with Crippen molar-refractivity contribution in [2.45, 2.75) is 51.4 Å². The fraction of sp³-hybridized carbons (Fsp3) is 0.316. The lowest BCUT2D eigenvalue weighted by molar-refractivity contribution is 0.0215. The zero-order valence-electron chi connectivity index (χ0n) is 28.8. The predicted octanol–water partition coefficient (Wildman–Crippen LogP) is 5.02. The fourth-order valence-electron chi connectivity index (χ4n) is 5.74. The molecule has 2 amide bonds. The topological polar surface area (TPSA) is 142 Å². The summed E-state index contributed by atoms with van der Waals surface area (Å²) < 4.78 is 31.2. The van der Waals surface area contributed by atoms with E-state index in [0.29, 0.717) is 6.42 Å². The first-order valence-electron chi connectivity index (χ1n) is 16.1. The van der Waals surface area contributed by atoms with Crippen LogP contribution in [0.1, 0.15) is 68.9 Å². The normalized spacial score (nSPS) is 13.9. The molecule has 0 fully saturated rings. The van der Waals surface area contributed by atoms with Gasteiger partial charge in [-0.25, -0.2) is 8.42 Å². The van der Waals surface area contributed by atoms with Gasteiger partial charge >= 0.3 is 0 Å². The Morgan fingerprint density at radius 3 is 2.06 bits per heavy atom.